The SMILES string of the molecule is C1=NC2=C(c3cccc4ccccc34)C=NC2C=C1c1ccc(C2CCCCC2)cc1. The molecule has 0 saturated heterocycles. The summed E-state index contributed by atoms with van der Waals surface area (Å²) in [6, 6.07) is 24.2. The van der Waals surface area contributed by atoms with Crippen LogP contribution in [0.15, 0.2) is 88.5 Å². The maximum Gasteiger partial charge on any atom is 0.112 e. The van der Waals surface area contributed by atoms with E-state index in [0.717, 1.165) is 17.2 Å². The molecule has 31 heavy (non-hydrogen) atoms. The molecule has 1 aliphatic carbocycles. The monoisotopic (exact) mass is 402 g/mol. The Kier molecular flexibility index (Phi) is 4.64. The van der Waals surface area contributed by atoms with Gasteiger partial charge >= 0.3 is 0 Å². The second-order valence-electron chi connectivity index (χ2n) is 8.89. The summed E-state index contributed by atoms with van der Waals surface area (Å²) < 4.78 is 0. The third-order valence-corrected chi connectivity index (χ3v) is 7.00. The van der Waals surface area contributed by atoms with Crippen LogP contribution in [-0.2, 0) is 0 Å². The first-order valence-electron chi connectivity index (χ1n) is 11.5. The van der Waals surface area contributed by atoms with Crippen molar-refractivity contribution in [2.24, 2.45) is 9.98 Å². The number of benzene rings is 3. The van der Waals surface area contributed by atoms with Gasteiger partial charge in [0.25, 0.3) is 0 Å². The van der Waals surface area contributed by atoms with Gasteiger partial charge in [0, 0.05) is 18.0 Å². The maximum atomic E-state index is 4.89. The van der Waals surface area contributed by atoms with Crippen molar-refractivity contribution in [3.8, 4) is 0 Å². The van der Waals surface area contributed by atoms with Crippen molar-refractivity contribution in [2.75, 3.05) is 0 Å². The van der Waals surface area contributed by atoms with Gasteiger partial charge in [-0.1, -0.05) is 86.0 Å². The second kappa shape index (κ2) is 7.77. The van der Waals surface area contributed by atoms with Crippen LogP contribution in [0, 0.1) is 0 Å². The number of fused-ring (bicyclic) bond motifs is 2. The molecule has 2 nitrogen and oxygen atoms in total. The number of hydrogen-bond donors (Lipinski definition) is 0. The van der Waals surface area contributed by atoms with Crippen LogP contribution in [0.2, 0.25) is 0 Å². The van der Waals surface area contributed by atoms with Gasteiger partial charge in [-0.05, 0) is 57.9 Å². The van der Waals surface area contributed by atoms with E-state index in [1.165, 1.54) is 65.1 Å². The molecule has 3 aromatic rings. The van der Waals surface area contributed by atoms with Gasteiger partial charge < -0.3 is 0 Å². The van der Waals surface area contributed by atoms with E-state index in [9.17, 15) is 0 Å². The third-order valence-electron chi connectivity index (χ3n) is 7.00. The zero-order valence-electron chi connectivity index (χ0n) is 17.7. The molecule has 3 aliphatic rings. The quantitative estimate of drug-likeness (QED) is 0.442. The van der Waals surface area contributed by atoms with Gasteiger partial charge in [-0.15, -0.1) is 0 Å². The minimum atomic E-state index is 0.00647. The van der Waals surface area contributed by atoms with E-state index in [1.54, 1.807) is 0 Å². The lowest BCUT2D eigenvalue weighted by molar-refractivity contribution is 0.443. The van der Waals surface area contributed by atoms with Gasteiger partial charge in [-0.3, -0.25) is 9.98 Å². The maximum absolute atomic E-state index is 4.89. The Bertz CT molecular complexity index is 1250. The first-order valence-corrected chi connectivity index (χ1v) is 11.5. The highest BCUT2D eigenvalue weighted by molar-refractivity contribution is 6.20. The molecule has 2 aliphatic heterocycles. The van der Waals surface area contributed by atoms with Gasteiger partial charge in [-0.25, -0.2) is 0 Å². The summed E-state index contributed by atoms with van der Waals surface area (Å²) in [5.41, 5.74) is 7.30. The molecule has 0 N–H and O–H groups in total. The molecule has 0 aromatic heterocycles. The van der Waals surface area contributed by atoms with Crippen molar-refractivity contribution in [2.45, 2.75) is 44.1 Å². The van der Waals surface area contributed by atoms with Crippen LogP contribution in [0.4, 0.5) is 0 Å². The van der Waals surface area contributed by atoms with E-state index in [4.69, 9.17) is 9.98 Å². The number of allylic oxidation sites excluding steroid dienone is 2. The van der Waals surface area contributed by atoms with E-state index in [1.807, 2.05) is 12.4 Å². The molecule has 152 valence electrons. The third kappa shape index (κ3) is 3.37. The molecule has 2 heteroatoms. The van der Waals surface area contributed by atoms with E-state index >= 15 is 0 Å². The second-order valence-corrected chi connectivity index (χ2v) is 8.89. The van der Waals surface area contributed by atoms with Crippen LogP contribution < -0.4 is 0 Å². The molecule has 1 fully saturated rings. The van der Waals surface area contributed by atoms with Gasteiger partial charge in [0.1, 0.15) is 6.04 Å². The van der Waals surface area contributed by atoms with Crippen molar-refractivity contribution >= 4 is 34.3 Å². The van der Waals surface area contributed by atoms with Gasteiger partial charge in [-0.2, -0.15) is 0 Å². The summed E-state index contributed by atoms with van der Waals surface area (Å²) in [7, 11) is 0. The summed E-state index contributed by atoms with van der Waals surface area (Å²) in [4.78, 5) is 9.69. The molecule has 0 bridgehead atoms. The van der Waals surface area contributed by atoms with Crippen molar-refractivity contribution in [3.05, 3.63) is 95.2 Å². The van der Waals surface area contributed by atoms with E-state index in [-0.39, 0.29) is 6.04 Å². The lowest BCUT2D eigenvalue weighted by Crippen LogP contribution is -2.08. The first-order chi connectivity index (χ1) is 15.4. The van der Waals surface area contributed by atoms with Crippen LogP contribution in [0.1, 0.15) is 54.7 Å². The summed E-state index contributed by atoms with van der Waals surface area (Å²) in [5.74, 6) is 0.744. The summed E-state index contributed by atoms with van der Waals surface area (Å²) in [6.07, 6.45) is 13.1. The van der Waals surface area contributed by atoms with Crippen LogP contribution in [-0.4, -0.2) is 18.5 Å². The number of hydrogen-bond acceptors (Lipinski definition) is 2. The number of nitrogens with zero attached hydrogens (tertiary/aromatic N) is 2. The minimum absolute atomic E-state index is 0.00647. The zero-order chi connectivity index (χ0) is 20.6. The number of dihydropyridines is 1. The van der Waals surface area contributed by atoms with Crippen LogP contribution >= 0.6 is 0 Å². The molecule has 3 aromatic carbocycles. The van der Waals surface area contributed by atoms with Crippen molar-refractivity contribution in [1.82, 2.24) is 0 Å². The largest absolute Gasteiger partial charge is 0.279 e. The highest BCUT2D eigenvalue weighted by atomic mass is 14.9. The zero-order valence-corrected chi connectivity index (χ0v) is 17.7. The van der Waals surface area contributed by atoms with E-state index in [0.29, 0.717) is 0 Å². The smallest absolute Gasteiger partial charge is 0.112 e. The Hall–Kier alpha value is -3.26. The topological polar surface area (TPSA) is 24.7 Å². The highest BCUT2D eigenvalue weighted by Crippen LogP contribution is 2.36. The minimum Gasteiger partial charge on any atom is -0.279 e. The Morgan fingerprint density at radius 1 is 0.742 bits per heavy atom. The van der Waals surface area contributed by atoms with Crippen molar-refractivity contribution < 1.29 is 0 Å². The lowest BCUT2D eigenvalue weighted by Gasteiger charge is -2.22. The molecule has 1 saturated carbocycles. The summed E-state index contributed by atoms with van der Waals surface area (Å²) >= 11 is 0. The summed E-state index contributed by atoms with van der Waals surface area (Å²) in [5, 5.41) is 2.50. The van der Waals surface area contributed by atoms with Gasteiger partial charge in [0.15, 0.2) is 0 Å². The fourth-order valence-corrected chi connectivity index (χ4v) is 5.29. The Morgan fingerprint density at radius 3 is 2.42 bits per heavy atom. The highest BCUT2D eigenvalue weighted by Gasteiger charge is 2.25. The molecule has 2 heterocycles. The predicted octanol–water partition coefficient (Wildman–Crippen LogP) is 7.22. The van der Waals surface area contributed by atoms with Crippen molar-refractivity contribution in [1.29, 1.82) is 0 Å². The molecule has 0 amide bonds. The Labute approximate surface area is 183 Å². The fourth-order valence-electron chi connectivity index (χ4n) is 5.29. The van der Waals surface area contributed by atoms with E-state index < -0.39 is 0 Å². The van der Waals surface area contributed by atoms with E-state index in [2.05, 4.69) is 72.8 Å². The van der Waals surface area contributed by atoms with Gasteiger partial charge in [0.2, 0.25) is 0 Å². The Morgan fingerprint density at radius 2 is 1.55 bits per heavy atom. The Balaban J connectivity index is 1.30. The van der Waals surface area contributed by atoms with Gasteiger partial charge in [0.05, 0.1) is 5.70 Å². The molecular weight excluding hydrogens is 376 g/mol. The molecule has 0 radical (unpaired) electrons. The fraction of sp³-hybridized carbons (Fsp3) is 0.241. The molecule has 0 spiro atoms. The average Bonchev–Trinajstić information content (AvgIpc) is 3.27. The first kappa shape index (κ1) is 18.5. The normalized spacial score (nSPS) is 20.9. The van der Waals surface area contributed by atoms with Crippen LogP contribution in [0.25, 0.3) is 21.9 Å². The predicted molar refractivity (Wildman–Crippen MR) is 132 cm³/mol. The molecule has 6 rings (SSSR count). The number of aliphatic imine (C=N–C) groups is 2. The molecule has 1 unspecified atom stereocenters. The number of rotatable bonds is 3. The van der Waals surface area contributed by atoms with Crippen molar-refractivity contribution in [3.63, 3.8) is 0 Å². The molecule has 1 atom stereocenters. The van der Waals surface area contributed by atoms with Crippen LogP contribution in [0.5, 0.6) is 0 Å². The average molecular weight is 403 g/mol. The standard InChI is InChI=1S/C29H26N2/c1-2-7-20(8-3-1)21-13-15-22(16-14-21)24-17-28-29(31-18-24)27(19-30-28)26-12-6-10-23-9-4-5-11-25(23)26/h4-6,9-20,28H,1-3,7-8H2. The summed E-state index contributed by atoms with van der Waals surface area (Å²) in [6.45, 7) is 0. The van der Waals surface area contributed by atoms with Crippen LogP contribution in [0.3, 0.4) is 0 Å². The lowest BCUT2D eigenvalue weighted by atomic mass is 9.83. The molecular formula is C29H26N2.